The zero-order valence-electron chi connectivity index (χ0n) is 18.8. The van der Waals surface area contributed by atoms with Crippen molar-refractivity contribution in [1.29, 1.82) is 5.41 Å². The van der Waals surface area contributed by atoms with Crippen LogP contribution in [0.2, 0.25) is 0 Å². The number of sulfonamides is 1. The van der Waals surface area contributed by atoms with Gasteiger partial charge in [0.05, 0.1) is 24.6 Å². The quantitative estimate of drug-likeness (QED) is 0.111. The number of nitrogen functional groups attached to an aromatic ring is 1. The number of amidine groups is 1. The molecule has 1 atom stereocenters. The number of nitrogens with two attached hydrogens (primary N) is 1. The molecule has 0 aliphatic rings. The number of amides is 1. The molecule has 0 saturated carbocycles. The van der Waals surface area contributed by atoms with Gasteiger partial charge >= 0.3 is 5.97 Å². The fraction of sp³-hybridized carbons (Fsp3) is 0.273. The summed E-state index contributed by atoms with van der Waals surface area (Å²) in [5, 5.41) is 13.6. The van der Waals surface area contributed by atoms with Crippen LogP contribution < -0.4 is 15.8 Å². The molecule has 12 heteroatoms. The maximum Gasteiger partial charge on any atom is 0.325 e. The number of nitrogens with one attached hydrogen (secondary N) is 3. The van der Waals surface area contributed by atoms with Gasteiger partial charge in [-0.1, -0.05) is 41.6 Å². The van der Waals surface area contributed by atoms with Gasteiger partial charge in [-0.05, 0) is 30.2 Å². The number of carbonyl (C=O) groups is 2. The van der Waals surface area contributed by atoms with Crippen molar-refractivity contribution in [2.75, 3.05) is 20.3 Å². The van der Waals surface area contributed by atoms with Crippen molar-refractivity contribution in [3.05, 3.63) is 65.2 Å². The lowest BCUT2D eigenvalue weighted by Gasteiger charge is -2.17. The van der Waals surface area contributed by atoms with E-state index in [0.717, 1.165) is 18.2 Å². The fourth-order valence-electron chi connectivity index (χ4n) is 2.70. The Morgan fingerprint density at radius 2 is 1.91 bits per heavy atom. The summed E-state index contributed by atoms with van der Waals surface area (Å²) in [6.07, 6.45) is 1.37. The average Bonchev–Trinajstić information content (AvgIpc) is 2.81. The van der Waals surface area contributed by atoms with Gasteiger partial charge in [0, 0.05) is 12.1 Å². The zero-order valence-corrected chi connectivity index (χ0v) is 19.6. The Bertz CT molecular complexity index is 1150. The number of methoxy groups -OCH3 is 1. The smallest absolute Gasteiger partial charge is 0.325 e. The molecule has 182 valence electrons. The van der Waals surface area contributed by atoms with E-state index >= 15 is 0 Å². The van der Waals surface area contributed by atoms with Crippen LogP contribution in [0.3, 0.4) is 0 Å². The molecule has 0 unspecified atom stereocenters. The molecule has 0 spiro atoms. The number of oxime groups is 1. The van der Waals surface area contributed by atoms with Crippen molar-refractivity contribution in [2.24, 2.45) is 10.9 Å². The molecule has 0 saturated heterocycles. The molecule has 0 fully saturated rings. The van der Waals surface area contributed by atoms with E-state index in [4.69, 9.17) is 16.0 Å². The van der Waals surface area contributed by atoms with E-state index in [9.17, 15) is 18.0 Å². The predicted molar refractivity (Wildman–Crippen MR) is 126 cm³/mol. The highest BCUT2D eigenvalue weighted by Crippen LogP contribution is 2.11. The second-order valence-corrected chi connectivity index (χ2v) is 8.89. The normalized spacial score (nSPS) is 12.2. The molecule has 0 heterocycles. The van der Waals surface area contributed by atoms with Gasteiger partial charge in [0.1, 0.15) is 18.5 Å². The lowest BCUT2D eigenvalue weighted by molar-refractivity contribution is -0.142. The van der Waals surface area contributed by atoms with Gasteiger partial charge in [-0.3, -0.25) is 15.0 Å². The number of nitrogens with zero attached hydrogens (tertiary/aromatic N) is 1. The van der Waals surface area contributed by atoms with Gasteiger partial charge in [-0.2, -0.15) is 4.72 Å². The van der Waals surface area contributed by atoms with Crippen molar-refractivity contribution in [3.63, 3.8) is 0 Å². The Morgan fingerprint density at radius 1 is 1.21 bits per heavy atom. The minimum absolute atomic E-state index is 0.00470. The highest BCUT2D eigenvalue weighted by molar-refractivity contribution is 7.89. The lowest BCUT2D eigenvalue weighted by atomic mass is 10.1. The van der Waals surface area contributed by atoms with Gasteiger partial charge in [-0.15, -0.1) is 0 Å². The van der Waals surface area contributed by atoms with E-state index in [2.05, 4.69) is 19.9 Å². The van der Waals surface area contributed by atoms with Crippen LogP contribution in [0.5, 0.6) is 0 Å². The number of hydrogen-bond acceptors (Lipinski definition) is 8. The van der Waals surface area contributed by atoms with Crippen molar-refractivity contribution >= 4 is 33.9 Å². The Kier molecular flexibility index (Phi) is 9.71. The summed E-state index contributed by atoms with van der Waals surface area (Å²) in [5.74, 6) is -1.35. The number of esters is 1. The molecule has 0 aliphatic carbocycles. The number of ether oxygens (including phenoxy) is 1. The molecule has 11 nitrogen and oxygen atoms in total. The minimum Gasteiger partial charge on any atom is -0.468 e. The first kappa shape index (κ1) is 26.5. The standard InChI is InChI=1S/C22H27N5O6S/c1-15-4-3-5-18(12-15)34(30,31)27-19(22(29)32-2)14-25-20(28)10-11-33-26-13-16-6-8-17(9-7-16)21(23)24/h3-9,12-13,19,27H,10-11,14H2,1-2H3,(H3,23,24)(H,25,28)/t19-/m0/s1. The maximum atomic E-state index is 12.6. The van der Waals surface area contributed by atoms with Gasteiger partial charge < -0.3 is 20.6 Å². The number of aryl methyl sites for hydroxylation is 1. The molecule has 2 aromatic rings. The van der Waals surface area contributed by atoms with Crippen molar-refractivity contribution in [3.8, 4) is 0 Å². The van der Waals surface area contributed by atoms with E-state index in [0.29, 0.717) is 5.56 Å². The summed E-state index contributed by atoms with van der Waals surface area (Å²) in [7, 11) is -2.89. The summed E-state index contributed by atoms with van der Waals surface area (Å²) in [4.78, 5) is 29.1. The van der Waals surface area contributed by atoms with E-state index in [1.165, 1.54) is 18.3 Å². The Balaban J connectivity index is 1.83. The SMILES string of the molecule is COC(=O)[C@H](CNC(=O)CCON=Cc1ccc(C(=N)N)cc1)NS(=O)(=O)c1cccc(C)c1. The van der Waals surface area contributed by atoms with Crippen molar-refractivity contribution in [1.82, 2.24) is 10.0 Å². The monoisotopic (exact) mass is 489 g/mol. The average molecular weight is 490 g/mol. The molecule has 0 radical (unpaired) electrons. The third-order valence-electron chi connectivity index (χ3n) is 4.50. The van der Waals surface area contributed by atoms with Crippen LogP contribution in [-0.2, 0) is 29.2 Å². The Hall–Kier alpha value is -3.77. The number of benzene rings is 2. The molecule has 2 aromatic carbocycles. The fourth-order valence-corrected chi connectivity index (χ4v) is 3.98. The van der Waals surface area contributed by atoms with Crippen LogP contribution in [0.15, 0.2) is 58.6 Å². The third-order valence-corrected chi connectivity index (χ3v) is 5.97. The molecular formula is C22H27N5O6S. The molecule has 0 aromatic heterocycles. The topological polar surface area (TPSA) is 173 Å². The van der Waals surface area contributed by atoms with Gasteiger partial charge in [-0.25, -0.2) is 8.42 Å². The first-order chi connectivity index (χ1) is 16.1. The van der Waals surface area contributed by atoms with Crippen LogP contribution in [0, 0.1) is 12.3 Å². The molecule has 0 aliphatic heterocycles. The van der Waals surface area contributed by atoms with Crippen molar-refractivity contribution < 1.29 is 27.6 Å². The van der Waals surface area contributed by atoms with Crippen LogP contribution in [0.1, 0.15) is 23.1 Å². The molecule has 2 rings (SSSR count). The number of hydrogen-bond donors (Lipinski definition) is 4. The minimum atomic E-state index is -4.01. The summed E-state index contributed by atoms with van der Waals surface area (Å²) < 4.78 is 32.1. The molecule has 0 bridgehead atoms. The lowest BCUT2D eigenvalue weighted by Crippen LogP contribution is -2.48. The van der Waals surface area contributed by atoms with Crippen LogP contribution in [0.25, 0.3) is 0 Å². The Morgan fingerprint density at radius 3 is 2.53 bits per heavy atom. The third kappa shape index (κ3) is 8.30. The van der Waals surface area contributed by atoms with Crippen LogP contribution >= 0.6 is 0 Å². The van der Waals surface area contributed by atoms with E-state index in [-0.39, 0.29) is 30.3 Å². The largest absolute Gasteiger partial charge is 0.468 e. The van der Waals surface area contributed by atoms with Crippen LogP contribution in [0.4, 0.5) is 0 Å². The maximum absolute atomic E-state index is 12.6. The molecule has 5 N–H and O–H groups in total. The molecule has 34 heavy (non-hydrogen) atoms. The van der Waals surface area contributed by atoms with E-state index < -0.39 is 27.9 Å². The van der Waals surface area contributed by atoms with Gasteiger partial charge in [0.2, 0.25) is 15.9 Å². The predicted octanol–water partition coefficient (Wildman–Crippen LogP) is 0.656. The molecular weight excluding hydrogens is 462 g/mol. The van der Waals surface area contributed by atoms with E-state index in [1.54, 1.807) is 43.3 Å². The van der Waals surface area contributed by atoms with E-state index in [1.807, 2.05) is 0 Å². The summed E-state index contributed by atoms with van der Waals surface area (Å²) >= 11 is 0. The van der Waals surface area contributed by atoms with Gasteiger partial charge in [0.15, 0.2) is 0 Å². The molecule has 1 amide bonds. The van der Waals surface area contributed by atoms with Gasteiger partial charge in [0.25, 0.3) is 0 Å². The number of rotatable bonds is 12. The first-order valence-corrected chi connectivity index (χ1v) is 11.6. The number of carbonyl (C=O) groups excluding carboxylic acids is 2. The van der Waals surface area contributed by atoms with Crippen molar-refractivity contribution in [2.45, 2.75) is 24.3 Å². The highest BCUT2D eigenvalue weighted by atomic mass is 32.2. The first-order valence-electron chi connectivity index (χ1n) is 10.2. The highest BCUT2D eigenvalue weighted by Gasteiger charge is 2.27. The second kappa shape index (κ2) is 12.5. The summed E-state index contributed by atoms with van der Waals surface area (Å²) in [5.41, 5.74) is 7.43. The zero-order chi connectivity index (χ0) is 25.1. The second-order valence-electron chi connectivity index (χ2n) is 7.17. The van der Waals surface area contributed by atoms with Crippen LogP contribution in [-0.4, -0.2) is 58.6 Å². The summed E-state index contributed by atoms with van der Waals surface area (Å²) in [6, 6.07) is 11.6. The summed E-state index contributed by atoms with van der Waals surface area (Å²) in [6.45, 7) is 1.40. The Labute approximate surface area is 197 Å².